The summed E-state index contributed by atoms with van der Waals surface area (Å²) in [6, 6.07) is 17.9. The Morgan fingerprint density at radius 3 is 2.12 bits per heavy atom. The van der Waals surface area contributed by atoms with E-state index in [2.05, 4.69) is 10.6 Å². The summed E-state index contributed by atoms with van der Waals surface area (Å²) in [7, 11) is -3.50. The Morgan fingerprint density at radius 2 is 1.44 bits per heavy atom. The van der Waals surface area contributed by atoms with Crippen molar-refractivity contribution in [3.05, 3.63) is 71.8 Å². The maximum Gasteiger partial charge on any atom is 0.251 e. The van der Waals surface area contributed by atoms with Gasteiger partial charge in [0.25, 0.3) is 5.91 Å². The second-order valence-corrected chi connectivity index (χ2v) is 11.3. The van der Waals surface area contributed by atoms with Gasteiger partial charge in [-0.3, -0.25) is 9.59 Å². The molecule has 4 rings (SSSR count). The van der Waals surface area contributed by atoms with Crippen LogP contribution in [-0.4, -0.2) is 49.7 Å². The molecule has 2 aromatic rings. The fourth-order valence-corrected chi connectivity index (χ4v) is 6.51. The second kappa shape index (κ2) is 11.1. The number of carbonyl (C=O) groups excluding carboxylic acids is 2. The Morgan fingerprint density at radius 1 is 0.824 bits per heavy atom. The number of benzene rings is 2. The van der Waals surface area contributed by atoms with E-state index >= 15 is 0 Å². The standard InChI is InChI=1S/C26H33N3O4S/c30-25(21-12-5-2-6-13-21)27-23-15-7-8-16-24(23)28-26(31)22-14-9-17-29(18-22)34(32,33)19-20-10-3-1-4-11-20/h1-6,10-13,22-24H,7-9,14-19H2,(H,27,30)(H,28,31)/t22-,23-,24-/m1/s1. The fourth-order valence-electron chi connectivity index (χ4n) is 4.90. The molecule has 3 atom stereocenters. The van der Waals surface area contributed by atoms with Crippen molar-refractivity contribution in [1.82, 2.24) is 14.9 Å². The molecule has 0 aromatic heterocycles. The normalized spacial score (nSPS) is 23.7. The highest BCUT2D eigenvalue weighted by molar-refractivity contribution is 7.88. The first-order valence-electron chi connectivity index (χ1n) is 12.1. The van der Waals surface area contributed by atoms with Crippen LogP contribution < -0.4 is 10.6 Å². The highest BCUT2D eigenvalue weighted by Crippen LogP contribution is 2.24. The van der Waals surface area contributed by atoms with E-state index in [-0.39, 0.29) is 42.1 Å². The minimum Gasteiger partial charge on any atom is -0.351 e. The molecule has 182 valence electrons. The van der Waals surface area contributed by atoms with E-state index in [4.69, 9.17) is 0 Å². The van der Waals surface area contributed by atoms with Gasteiger partial charge in [-0.05, 0) is 43.4 Å². The molecule has 1 saturated heterocycles. The van der Waals surface area contributed by atoms with Crippen molar-refractivity contribution in [2.75, 3.05) is 13.1 Å². The maximum absolute atomic E-state index is 13.2. The van der Waals surface area contributed by atoms with Gasteiger partial charge < -0.3 is 10.6 Å². The molecule has 8 heteroatoms. The second-order valence-electron chi connectivity index (χ2n) is 9.28. The summed E-state index contributed by atoms with van der Waals surface area (Å²) in [5, 5.41) is 6.24. The van der Waals surface area contributed by atoms with Gasteiger partial charge >= 0.3 is 0 Å². The number of nitrogens with zero attached hydrogens (tertiary/aromatic N) is 1. The van der Waals surface area contributed by atoms with Crippen LogP contribution in [0.15, 0.2) is 60.7 Å². The number of amides is 2. The molecule has 2 N–H and O–H groups in total. The third-order valence-electron chi connectivity index (χ3n) is 6.79. The Kier molecular flexibility index (Phi) is 8.00. The lowest BCUT2D eigenvalue weighted by Crippen LogP contribution is -2.55. The molecule has 1 aliphatic carbocycles. The number of rotatable bonds is 7. The summed E-state index contributed by atoms with van der Waals surface area (Å²) >= 11 is 0. The van der Waals surface area contributed by atoms with Gasteiger partial charge in [-0.2, -0.15) is 0 Å². The van der Waals surface area contributed by atoms with Crippen LogP contribution in [0.25, 0.3) is 0 Å². The lowest BCUT2D eigenvalue weighted by molar-refractivity contribution is -0.127. The van der Waals surface area contributed by atoms with Gasteiger partial charge in [-0.25, -0.2) is 12.7 Å². The van der Waals surface area contributed by atoms with Gasteiger partial charge in [0.05, 0.1) is 11.7 Å². The topological polar surface area (TPSA) is 95.6 Å². The van der Waals surface area contributed by atoms with Crippen LogP contribution in [0, 0.1) is 5.92 Å². The Hall–Kier alpha value is -2.71. The summed E-state index contributed by atoms with van der Waals surface area (Å²) in [6.45, 7) is 0.646. The van der Waals surface area contributed by atoms with Crippen LogP contribution in [0.1, 0.15) is 54.4 Å². The van der Waals surface area contributed by atoms with E-state index in [0.29, 0.717) is 24.9 Å². The van der Waals surface area contributed by atoms with Gasteiger partial charge in [0.15, 0.2) is 0 Å². The lowest BCUT2D eigenvalue weighted by Gasteiger charge is -2.36. The van der Waals surface area contributed by atoms with E-state index in [9.17, 15) is 18.0 Å². The van der Waals surface area contributed by atoms with Crippen LogP contribution in [0.2, 0.25) is 0 Å². The largest absolute Gasteiger partial charge is 0.351 e. The molecule has 34 heavy (non-hydrogen) atoms. The minimum atomic E-state index is -3.50. The van der Waals surface area contributed by atoms with E-state index < -0.39 is 10.0 Å². The smallest absolute Gasteiger partial charge is 0.251 e. The van der Waals surface area contributed by atoms with Gasteiger partial charge in [0.2, 0.25) is 15.9 Å². The molecule has 2 aliphatic rings. The third-order valence-corrected chi connectivity index (χ3v) is 8.60. The molecule has 2 aromatic carbocycles. The average Bonchev–Trinajstić information content (AvgIpc) is 2.86. The number of hydrogen-bond acceptors (Lipinski definition) is 4. The Labute approximate surface area is 202 Å². The summed E-state index contributed by atoms with van der Waals surface area (Å²) in [4.78, 5) is 25.8. The summed E-state index contributed by atoms with van der Waals surface area (Å²) < 4.78 is 27.4. The SMILES string of the molecule is O=C(N[C@@H]1CCCC[C@H]1NC(=O)[C@@H]1CCCN(S(=O)(=O)Cc2ccccc2)C1)c1ccccc1. The number of piperidine rings is 1. The first-order valence-corrected chi connectivity index (χ1v) is 13.7. The number of sulfonamides is 1. The Bertz CT molecular complexity index is 1080. The first-order chi connectivity index (χ1) is 16.4. The molecule has 2 fully saturated rings. The van der Waals surface area contributed by atoms with Gasteiger partial charge in [0, 0.05) is 30.7 Å². The van der Waals surface area contributed by atoms with E-state index in [0.717, 1.165) is 31.2 Å². The van der Waals surface area contributed by atoms with Gasteiger partial charge in [-0.15, -0.1) is 0 Å². The van der Waals surface area contributed by atoms with Crippen LogP contribution >= 0.6 is 0 Å². The van der Waals surface area contributed by atoms with Gasteiger partial charge in [-0.1, -0.05) is 61.4 Å². The summed E-state index contributed by atoms with van der Waals surface area (Å²) in [5.41, 5.74) is 1.35. The van der Waals surface area contributed by atoms with Gasteiger partial charge in [0.1, 0.15) is 0 Å². The average molecular weight is 484 g/mol. The van der Waals surface area contributed by atoms with Crippen LogP contribution in [0.5, 0.6) is 0 Å². The molecule has 1 aliphatic heterocycles. The molecule has 0 unspecified atom stereocenters. The maximum atomic E-state index is 13.2. The van der Waals surface area contributed by atoms with Crippen molar-refractivity contribution < 1.29 is 18.0 Å². The monoisotopic (exact) mass is 483 g/mol. The van der Waals surface area contributed by atoms with Crippen molar-refractivity contribution in [3.8, 4) is 0 Å². The number of nitrogens with one attached hydrogen (secondary N) is 2. The molecule has 1 heterocycles. The number of hydrogen-bond donors (Lipinski definition) is 2. The molecular formula is C26H33N3O4S. The van der Waals surface area contributed by atoms with Crippen molar-refractivity contribution in [1.29, 1.82) is 0 Å². The number of carbonyl (C=O) groups is 2. The quantitative estimate of drug-likeness (QED) is 0.633. The molecule has 0 spiro atoms. The Balaban J connectivity index is 1.36. The molecule has 1 saturated carbocycles. The predicted octanol–water partition coefficient (Wildman–Crippen LogP) is 3.09. The highest BCUT2D eigenvalue weighted by atomic mass is 32.2. The molecular weight excluding hydrogens is 450 g/mol. The zero-order valence-corrected chi connectivity index (χ0v) is 20.2. The van der Waals surface area contributed by atoms with Crippen LogP contribution in [0.3, 0.4) is 0 Å². The summed E-state index contributed by atoms with van der Waals surface area (Å²) in [6.07, 6.45) is 4.92. The minimum absolute atomic E-state index is 0.0571. The lowest BCUT2D eigenvalue weighted by atomic mass is 9.89. The van der Waals surface area contributed by atoms with Crippen molar-refractivity contribution in [2.24, 2.45) is 5.92 Å². The zero-order valence-electron chi connectivity index (χ0n) is 19.4. The molecule has 0 bridgehead atoms. The molecule has 7 nitrogen and oxygen atoms in total. The predicted molar refractivity (Wildman–Crippen MR) is 131 cm³/mol. The van der Waals surface area contributed by atoms with E-state index in [1.54, 1.807) is 24.3 Å². The zero-order chi connectivity index (χ0) is 24.0. The molecule has 2 amide bonds. The third kappa shape index (κ3) is 6.24. The van der Waals surface area contributed by atoms with Crippen LogP contribution in [-0.2, 0) is 20.6 Å². The van der Waals surface area contributed by atoms with E-state index in [1.165, 1.54) is 4.31 Å². The van der Waals surface area contributed by atoms with Crippen molar-refractivity contribution in [2.45, 2.75) is 56.4 Å². The first kappa shape index (κ1) is 24.4. The fraction of sp³-hybridized carbons (Fsp3) is 0.462. The van der Waals surface area contributed by atoms with E-state index in [1.807, 2.05) is 36.4 Å². The molecule has 0 radical (unpaired) electrons. The van der Waals surface area contributed by atoms with Crippen molar-refractivity contribution in [3.63, 3.8) is 0 Å². The van der Waals surface area contributed by atoms with Crippen molar-refractivity contribution >= 4 is 21.8 Å². The van der Waals surface area contributed by atoms with Crippen LogP contribution in [0.4, 0.5) is 0 Å². The highest BCUT2D eigenvalue weighted by Gasteiger charge is 2.35. The summed E-state index contributed by atoms with van der Waals surface area (Å²) in [5.74, 6) is -0.696.